The molecule has 0 aromatic heterocycles. The molecule has 0 bridgehead atoms. The Bertz CT molecular complexity index is 354. The number of benzene rings is 1. The maximum absolute atomic E-state index is 13.7. The van der Waals surface area contributed by atoms with E-state index in [2.05, 4.69) is 12.2 Å². The number of ether oxygens (including phenoxy) is 1. The number of hydrogen-bond donors (Lipinski definition) is 1. The molecule has 2 nitrogen and oxygen atoms in total. The van der Waals surface area contributed by atoms with Crippen LogP contribution in [0.25, 0.3) is 0 Å². The molecule has 102 valence electrons. The highest BCUT2D eigenvalue weighted by molar-refractivity contribution is 5.30. The molecule has 0 aliphatic rings. The molecule has 0 spiro atoms. The van der Waals surface area contributed by atoms with Crippen molar-refractivity contribution in [2.24, 2.45) is 0 Å². The minimum Gasteiger partial charge on any atom is -0.486 e. The molecular formula is C15H24FNO. The van der Waals surface area contributed by atoms with E-state index in [4.69, 9.17) is 4.74 Å². The van der Waals surface area contributed by atoms with E-state index in [0.717, 1.165) is 13.1 Å². The summed E-state index contributed by atoms with van der Waals surface area (Å²) in [6, 6.07) is 5.24. The van der Waals surface area contributed by atoms with Gasteiger partial charge in [0.15, 0.2) is 11.6 Å². The Hall–Kier alpha value is -1.09. The van der Waals surface area contributed by atoms with E-state index in [1.54, 1.807) is 19.1 Å². The first-order valence-electron chi connectivity index (χ1n) is 6.77. The van der Waals surface area contributed by atoms with Crippen molar-refractivity contribution in [1.29, 1.82) is 0 Å². The zero-order chi connectivity index (χ0) is 13.4. The number of rotatable bonds is 8. The Morgan fingerprint density at radius 1 is 1.33 bits per heavy atom. The molecule has 3 heteroatoms. The molecule has 1 unspecified atom stereocenters. The van der Waals surface area contributed by atoms with Gasteiger partial charge >= 0.3 is 0 Å². The zero-order valence-electron chi connectivity index (χ0n) is 11.6. The van der Waals surface area contributed by atoms with Crippen LogP contribution in [0.3, 0.4) is 0 Å². The molecule has 1 aromatic rings. The van der Waals surface area contributed by atoms with Gasteiger partial charge in [0, 0.05) is 6.54 Å². The van der Waals surface area contributed by atoms with Crippen LogP contribution in [0.2, 0.25) is 0 Å². The molecule has 0 heterocycles. The molecule has 1 rings (SSSR count). The summed E-state index contributed by atoms with van der Waals surface area (Å²) in [6.07, 6.45) is 3.63. The summed E-state index contributed by atoms with van der Waals surface area (Å²) in [5.41, 5.74) is 0.621. The summed E-state index contributed by atoms with van der Waals surface area (Å²) < 4.78 is 19.3. The van der Waals surface area contributed by atoms with Crippen molar-refractivity contribution in [1.82, 2.24) is 5.32 Å². The molecule has 1 N–H and O–H groups in total. The van der Waals surface area contributed by atoms with Crippen LogP contribution < -0.4 is 10.1 Å². The maximum atomic E-state index is 13.7. The van der Waals surface area contributed by atoms with Gasteiger partial charge in [-0.25, -0.2) is 4.39 Å². The third-order valence-electron chi connectivity index (χ3n) is 2.87. The number of halogens is 1. The molecule has 1 aromatic carbocycles. The van der Waals surface area contributed by atoms with Gasteiger partial charge in [0.2, 0.25) is 0 Å². The molecule has 0 amide bonds. The lowest BCUT2D eigenvalue weighted by atomic mass is 10.2. The Morgan fingerprint density at radius 3 is 2.83 bits per heavy atom. The summed E-state index contributed by atoms with van der Waals surface area (Å²) in [5, 5.41) is 3.33. The van der Waals surface area contributed by atoms with Gasteiger partial charge in [-0.3, -0.25) is 0 Å². The summed E-state index contributed by atoms with van der Waals surface area (Å²) in [4.78, 5) is 0. The molecule has 1 atom stereocenters. The van der Waals surface area contributed by atoms with Crippen LogP contribution in [-0.2, 0) is 0 Å². The van der Waals surface area contributed by atoms with Crippen molar-refractivity contribution >= 4 is 0 Å². The zero-order valence-corrected chi connectivity index (χ0v) is 11.6. The fraction of sp³-hybridized carbons (Fsp3) is 0.600. The van der Waals surface area contributed by atoms with Crippen molar-refractivity contribution in [2.45, 2.75) is 46.1 Å². The van der Waals surface area contributed by atoms with Crippen molar-refractivity contribution < 1.29 is 9.13 Å². The Labute approximate surface area is 110 Å². The van der Waals surface area contributed by atoms with E-state index >= 15 is 0 Å². The minimum absolute atomic E-state index is 0.0251. The van der Waals surface area contributed by atoms with Gasteiger partial charge in [-0.05, 0) is 38.4 Å². The van der Waals surface area contributed by atoms with E-state index in [1.165, 1.54) is 19.3 Å². The molecule has 0 radical (unpaired) electrons. The molecular weight excluding hydrogens is 229 g/mol. The lowest BCUT2D eigenvalue weighted by molar-refractivity contribution is 0.207. The monoisotopic (exact) mass is 253 g/mol. The minimum atomic E-state index is -0.254. The first-order chi connectivity index (χ1) is 8.65. The van der Waals surface area contributed by atoms with E-state index in [-0.39, 0.29) is 11.9 Å². The maximum Gasteiger partial charge on any atom is 0.167 e. The summed E-state index contributed by atoms with van der Waals surface area (Å²) in [6.45, 7) is 7.63. The predicted octanol–water partition coefficient (Wildman–Crippen LogP) is 3.68. The van der Waals surface area contributed by atoms with Crippen LogP contribution >= 0.6 is 0 Å². The number of aryl methyl sites for hydroxylation is 1. The van der Waals surface area contributed by atoms with E-state index < -0.39 is 0 Å². The van der Waals surface area contributed by atoms with Gasteiger partial charge < -0.3 is 10.1 Å². The Kier molecular flexibility index (Phi) is 6.73. The van der Waals surface area contributed by atoms with Crippen LogP contribution in [0.15, 0.2) is 18.2 Å². The first kappa shape index (κ1) is 15.0. The highest BCUT2D eigenvalue weighted by Crippen LogP contribution is 2.20. The van der Waals surface area contributed by atoms with Gasteiger partial charge in [-0.2, -0.15) is 0 Å². The highest BCUT2D eigenvalue weighted by Gasteiger charge is 2.09. The molecule has 0 aliphatic carbocycles. The van der Waals surface area contributed by atoms with Crippen LogP contribution in [0.1, 0.15) is 38.7 Å². The fourth-order valence-corrected chi connectivity index (χ4v) is 1.78. The normalized spacial score (nSPS) is 12.4. The summed E-state index contributed by atoms with van der Waals surface area (Å²) >= 11 is 0. The van der Waals surface area contributed by atoms with Gasteiger partial charge in [0.05, 0.1) is 0 Å². The van der Waals surface area contributed by atoms with Crippen molar-refractivity contribution in [3.8, 4) is 5.75 Å². The average Bonchev–Trinajstić information content (AvgIpc) is 2.35. The van der Waals surface area contributed by atoms with Crippen molar-refractivity contribution in [2.75, 3.05) is 13.1 Å². The summed E-state index contributed by atoms with van der Waals surface area (Å²) in [7, 11) is 0. The van der Waals surface area contributed by atoms with Crippen LogP contribution in [0, 0.1) is 12.7 Å². The third-order valence-corrected chi connectivity index (χ3v) is 2.87. The third kappa shape index (κ3) is 5.05. The molecule has 0 fully saturated rings. The SMILES string of the molecule is CCCCCNCC(C)Oc1cccc(C)c1F. The van der Waals surface area contributed by atoms with Crippen LogP contribution in [0.4, 0.5) is 4.39 Å². The molecule has 0 saturated heterocycles. The predicted molar refractivity (Wildman–Crippen MR) is 73.6 cm³/mol. The number of hydrogen-bond acceptors (Lipinski definition) is 2. The van der Waals surface area contributed by atoms with E-state index in [1.807, 2.05) is 13.0 Å². The second kappa shape index (κ2) is 8.09. The second-order valence-corrected chi connectivity index (χ2v) is 4.73. The second-order valence-electron chi connectivity index (χ2n) is 4.73. The molecule has 0 saturated carbocycles. The molecule has 18 heavy (non-hydrogen) atoms. The Balaban J connectivity index is 2.31. The lowest BCUT2D eigenvalue weighted by Crippen LogP contribution is -2.29. The van der Waals surface area contributed by atoms with Gasteiger partial charge in [-0.1, -0.05) is 31.9 Å². The van der Waals surface area contributed by atoms with Gasteiger partial charge in [-0.15, -0.1) is 0 Å². The first-order valence-corrected chi connectivity index (χ1v) is 6.77. The largest absolute Gasteiger partial charge is 0.486 e. The average molecular weight is 253 g/mol. The van der Waals surface area contributed by atoms with Crippen molar-refractivity contribution in [3.63, 3.8) is 0 Å². The number of unbranched alkanes of at least 4 members (excludes halogenated alkanes) is 2. The topological polar surface area (TPSA) is 21.3 Å². The smallest absolute Gasteiger partial charge is 0.167 e. The van der Waals surface area contributed by atoms with E-state index in [9.17, 15) is 4.39 Å². The van der Waals surface area contributed by atoms with Gasteiger partial charge in [0.25, 0.3) is 0 Å². The summed E-state index contributed by atoms with van der Waals surface area (Å²) in [5.74, 6) is 0.0909. The van der Waals surface area contributed by atoms with E-state index in [0.29, 0.717) is 11.3 Å². The lowest BCUT2D eigenvalue weighted by Gasteiger charge is -2.16. The fourth-order valence-electron chi connectivity index (χ4n) is 1.78. The standard InChI is InChI=1S/C15H24FNO/c1-4-5-6-10-17-11-13(3)18-14-9-7-8-12(2)15(14)16/h7-9,13,17H,4-6,10-11H2,1-3H3. The number of nitrogens with one attached hydrogen (secondary N) is 1. The van der Waals surface area contributed by atoms with Crippen LogP contribution in [-0.4, -0.2) is 19.2 Å². The Morgan fingerprint density at radius 2 is 2.11 bits per heavy atom. The van der Waals surface area contributed by atoms with Gasteiger partial charge in [0.1, 0.15) is 6.10 Å². The van der Waals surface area contributed by atoms with Crippen molar-refractivity contribution in [3.05, 3.63) is 29.6 Å². The highest BCUT2D eigenvalue weighted by atomic mass is 19.1. The molecule has 0 aliphatic heterocycles. The van der Waals surface area contributed by atoms with Crippen LogP contribution in [0.5, 0.6) is 5.75 Å². The quantitative estimate of drug-likeness (QED) is 0.714.